The summed E-state index contributed by atoms with van der Waals surface area (Å²) in [5.41, 5.74) is 3.27. The number of aliphatic imine (C=N–C) groups is 1. The quantitative estimate of drug-likeness (QED) is 0.496. The summed E-state index contributed by atoms with van der Waals surface area (Å²) in [6.45, 7) is 7.89. The van der Waals surface area contributed by atoms with Crippen LogP contribution >= 0.6 is 0 Å². The second kappa shape index (κ2) is 10.1. The van der Waals surface area contributed by atoms with Gasteiger partial charge in [0.2, 0.25) is 0 Å². The maximum atomic E-state index is 12.6. The van der Waals surface area contributed by atoms with Crippen LogP contribution in [0.3, 0.4) is 0 Å². The highest BCUT2D eigenvalue weighted by Gasteiger charge is 2.18. The van der Waals surface area contributed by atoms with Gasteiger partial charge < -0.3 is 20.5 Å². The monoisotopic (exact) mass is 458 g/mol. The fourth-order valence-corrected chi connectivity index (χ4v) is 3.65. The fourth-order valence-electron chi connectivity index (χ4n) is 3.65. The van der Waals surface area contributed by atoms with E-state index < -0.39 is 12.0 Å². The summed E-state index contributed by atoms with van der Waals surface area (Å²) in [7, 11) is 0. The van der Waals surface area contributed by atoms with Gasteiger partial charge in [-0.1, -0.05) is 45.0 Å². The van der Waals surface area contributed by atoms with E-state index in [0.717, 1.165) is 35.7 Å². The number of hydrogen-bond acceptors (Lipinski definition) is 6. The van der Waals surface area contributed by atoms with Gasteiger partial charge >= 0.3 is 0 Å². The highest BCUT2D eigenvalue weighted by molar-refractivity contribution is 5.98. The number of carbonyl (C=O) groups is 1. The zero-order valence-electron chi connectivity index (χ0n) is 19.7. The average Bonchev–Trinajstić information content (AvgIpc) is 3.34. The number of aromatic nitrogens is 1. The summed E-state index contributed by atoms with van der Waals surface area (Å²) in [4.78, 5) is 21.3. The van der Waals surface area contributed by atoms with Crippen molar-refractivity contribution in [2.45, 2.75) is 38.7 Å². The van der Waals surface area contributed by atoms with Crippen molar-refractivity contribution in [3.63, 3.8) is 0 Å². The molecule has 7 heteroatoms. The molecule has 1 unspecified atom stereocenters. The predicted molar refractivity (Wildman–Crippen MR) is 134 cm³/mol. The van der Waals surface area contributed by atoms with E-state index in [0.29, 0.717) is 17.2 Å². The van der Waals surface area contributed by atoms with E-state index in [4.69, 9.17) is 4.74 Å². The molecule has 4 rings (SSSR count). The Kier molecular flexibility index (Phi) is 6.93. The van der Waals surface area contributed by atoms with Gasteiger partial charge in [-0.15, -0.1) is 0 Å². The Balaban J connectivity index is 1.39. The van der Waals surface area contributed by atoms with Crippen LogP contribution in [0.1, 0.15) is 37.6 Å². The molecule has 1 aromatic heterocycles. The molecule has 2 heterocycles. The SMILES string of the molecule is CC(C)(C)c1cccc(NC(=O)C(O)Cc2cccc(Oc3ccnc(C4=NCCN4)c3)c2)c1. The van der Waals surface area contributed by atoms with E-state index in [1.54, 1.807) is 12.3 Å². The van der Waals surface area contributed by atoms with Crippen molar-refractivity contribution in [3.05, 3.63) is 83.7 Å². The smallest absolute Gasteiger partial charge is 0.253 e. The summed E-state index contributed by atoms with van der Waals surface area (Å²) >= 11 is 0. The molecule has 176 valence electrons. The first-order chi connectivity index (χ1) is 16.3. The van der Waals surface area contributed by atoms with Crippen LogP contribution in [0, 0.1) is 0 Å². The Hall–Kier alpha value is -3.71. The van der Waals surface area contributed by atoms with E-state index in [1.165, 1.54) is 0 Å². The summed E-state index contributed by atoms with van der Waals surface area (Å²) in [6, 6.07) is 18.7. The van der Waals surface area contributed by atoms with Gasteiger partial charge in [-0.25, -0.2) is 0 Å². The number of aliphatic hydroxyl groups excluding tert-OH is 1. The fraction of sp³-hybridized carbons (Fsp3) is 0.296. The van der Waals surface area contributed by atoms with Crippen molar-refractivity contribution in [1.29, 1.82) is 0 Å². The standard InChI is InChI=1S/C27H30N4O3/c1-27(2,3)19-7-5-8-20(16-19)31-26(33)24(32)15-18-6-4-9-21(14-18)34-22-10-11-28-23(17-22)25-29-12-13-30-25/h4-11,14,16-17,24,32H,12-13,15H2,1-3H3,(H,29,30)(H,31,33). The minimum Gasteiger partial charge on any atom is -0.457 e. The number of nitrogens with zero attached hydrogens (tertiary/aromatic N) is 2. The minimum absolute atomic E-state index is 0.0313. The van der Waals surface area contributed by atoms with Crippen molar-refractivity contribution in [3.8, 4) is 11.5 Å². The zero-order chi connectivity index (χ0) is 24.1. The summed E-state index contributed by atoms with van der Waals surface area (Å²) in [6.07, 6.45) is 0.664. The summed E-state index contributed by atoms with van der Waals surface area (Å²) in [5.74, 6) is 1.57. The second-order valence-corrected chi connectivity index (χ2v) is 9.32. The van der Waals surface area contributed by atoms with E-state index in [-0.39, 0.29) is 11.8 Å². The molecule has 2 aromatic carbocycles. The third kappa shape index (κ3) is 5.99. The van der Waals surface area contributed by atoms with Crippen LogP contribution in [0.2, 0.25) is 0 Å². The number of ether oxygens (including phenoxy) is 1. The molecule has 0 bridgehead atoms. The van der Waals surface area contributed by atoms with Crippen LogP contribution < -0.4 is 15.4 Å². The minimum atomic E-state index is -1.19. The number of pyridine rings is 1. The lowest BCUT2D eigenvalue weighted by atomic mass is 9.87. The first kappa shape index (κ1) is 23.4. The Morgan fingerprint density at radius 2 is 1.91 bits per heavy atom. The average molecular weight is 459 g/mol. The molecule has 0 aliphatic carbocycles. The lowest BCUT2D eigenvalue weighted by molar-refractivity contribution is -0.123. The normalized spacial score (nSPS) is 14.2. The molecule has 7 nitrogen and oxygen atoms in total. The maximum Gasteiger partial charge on any atom is 0.253 e. The van der Waals surface area contributed by atoms with Crippen LogP contribution in [0.15, 0.2) is 71.9 Å². The molecule has 3 aromatic rings. The molecule has 3 N–H and O–H groups in total. The largest absolute Gasteiger partial charge is 0.457 e. The van der Waals surface area contributed by atoms with E-state index in [1.807, 2.05) is 54.6 Å². The highest BCUT2D eigenvalue weighted by Crippen LogP contribution is 2.25. The number of amides is 1. The van der Waals surface area contributed by atoms with Crippen LogP contribution in [0.5, 0.6) is 11.5 Å². The van der Waals surface area contributed by atoms with E-state index in [2.05, 4.69) is 41.4 Å². The van der Waals surface area contributed by atoms with E-state index >= 15 is 0 Å². The van der Waals surface area contributed by atoms with Crippen LogP contribution in [0.4, 0.5) is 5.69 Å². The molecule has 0 spiro atoms. The van der Waals surface area contributed by atoms with Gasteiger partial charge in [-0.2, -0.15) is 0 Å². The summed E-state index contributed by atoms with van der Waals surface area (Å²) < 4.78 is 6.00. The molecule has 0 saturated heterocycles. The number of aliphatic hydroxyl groups is 1. The predicted octanol–water partition coefficient (Wildman–Crippen LogP) is 4.06. The number of carbonyl (C=O) groups excluding carboxylic acids is 1. The van der Waals surface area contributed by atoms with Crippen molar-refractivity contribution in [2.75, 3.05) is 18.4 Å². The van der Waals surface area contributed by atoms with Crippen LogP contribution in [-0.4, -0.2) is 41.0 Å². The molecular formula is C27H30N4O3. The molecule has 0 fully saturated rings. The number of nitrogens with one attached hydrogen (secondary N) is 2. The number of rotatable bonds is 7. The molecule has 0 radical (unpaired) electrons. The Morgan fingerprint density at radius 1 is 1.12 bits per heavy atom. The highest BCUT2D eigenvalue weighted by atomic mass is 16.5. The molecule has 0 saturated carbocycles. The Bertz CT molecular complexity index is 1200. The molecule has 1 aliphatic rings. The number of benzene rings is 2. The van der Waals surface area contributed by atoms with Crippen LogP contribution in [0.25, 0.3) is 0 Å². The Morgan fingerprint density at radius 3 is 2.68 bits per heavy atom. The first-order valence-electron chi connectivity index (χ1n) is 11.4. The van der Waals surface area contributed by atoms with Gasteiger partial charge in [-0.3, -0.25) is 14.8 Å². The number of hydrogen-bond donors (Lipinski definition) is 3. The third-order valence-corrected chi connectivity index (χ3v) is 5.51. The van der Waals surface area contributed by atoms with Gasteiger partial charge in [0.05, 0.1) is 6.54 Å². The molecule has 1 atom stereocenters. The van der Waals surface area contributed by atoms with Gasteiger partial charge in [0.15, 0.2) is 0 Å². The van der Waals surface area contributed by atoms with Crippen molar-refractivity contribution >= 4 is 17.4 Å². The van der Waals surface area contributed by atoms with Crippen molar-refractivity contribution in [2.24, 2.45) is 4.99 Å². The van der Waals surface area contributed by atoms with Crippen molar-refractivity contribution in [1.82, 2.24) is 10.3 Å². The lowest BCUT2D eigenvalue weighted by Crippen LogP contribution is -2.29. The lowest BCUT2D eigenvalue weighted by Gasteiger charge is -2.20. The molecule has 1 amide bonds. The first-order valence-corrected chi connectivity index (χ1v) is 11.4. The molecule has 1 aliphatic heterocycles. The van der Waals surface area contributed by atoms with E-state index in [9.17, 15) is 9.90 Å². The van der Waals surface area contributed by atoms with Gasteiger partial charge in [0, 0.05) is 30.9 Å². The van der Waals surface area contributed by atoms with Crippen molar-refractivity contribution < 1.29 is 14.6 Å². The van der Waals surface area contributed by atoms with Crippen LogP contribution in [-0.2, 0) is 16.6 Å². The topological polar surface area (TPSA) is 95.8 Å². The number of anilines is 1. The molecular weight excluding hydrogens is 428 g/mol. The van der Waals surface area contributed by atoms with Gasteiger partial charge in [-0.05, 0) is 46.9 Å². The third-order valence-electron chi connectivity index (χ3n) is 5.51. The zero-order valence-corrected chi connectivity index (χ0v) is 19.7. The Labute approximate surface area is 199 Å². The second-order valence-electron chi connectivity index (χ2n) is 9.32. The van der Waals surface area contributed by atoms with Gasteiger partial charge in [0.1, 0.15) is 29.1 Å². The summed E-state index contributed by atoms with van der Waals surface area (Å²) in [5, 5.41) is 16.5. The van der Waals surface area contributed by atoms with Gasteiger partial charge in [0.25, 0.3) is 5.91 Å². The molecule has 34 heavy (non-hydrogen) atoms. The maximum absolute atomic E-state index is 12.6. The number of amidine groups is 1.